The molecular formula is C16H10ClF3N2. The predicted molar refractivity (Wildman–Crippen MR) is 81.4 cm³/mol. The highest BCUT2D eigenvalue weighted by molar-refractivity contribution is 6.31. The van der Waals surface area contributed by atoms with Crippen molar-refractivity contribution in [3.63, 3.8) is 0 Å². The first-order valence-electron chi connectivity index (χ1n) is 6.43. The second kappa shape index (κ2) is 5.50. The van der Waals surface area contributed by atoms with Crippen LogP contribution in [-0.2, 0) is 0 Å². The lowest BCUT2D eigenvalue weighted by molar-refractivity contribution is -0.119. The molecule has 0 aliphatic carbocycles. The molecule has 0 radical (unpaired) electrons. The van der Waals surface area contributed by atoms with Crippen LogP contribution in [0.3, 0.4) is 0 Å². The third kappa shape index (κ3) is 2.99. The first kappa shape index (κ1) is 14.7. The molecule has 6 heteroatoms. The van der Waals surface area contributed by atoms with Gasteiger partial charge in [0.15, 0.2) is 0 Å². The standard InChI is InChI=1S/C16H10ClF3N2/c17-13-6-7-14-12(10-13)8-9-22(14)15(21-16(18,19)20)11-4-2-1-3-5-11/h1-10H/b21-15+. The fourth-order valence-corrected chi connectivity index (χ4v) is 2.44. The number of aromatic nitrogens is 1. The largest absolute Gasteiger partial charge is 0.505 e. The summed E-state index contributed by atoms with van der Waals surface area (Å²) in [6.07, 6.45) is -3.10. The monoisotopic (exact) mass is 322 g/mol. The molecular weight excluding hydrogens is 313 g/mol. The highest BCUT2D eigenvalue weighted by Crippen LogP contribution is 2.24. The number of nitrogens with zero attached hydrogens (tertiary/aromatic N) is 2. The van der Waals surface area contributed by atoms with E-state index in [4.69, 9.17) is 11.6 Å². The second-order valence-corrected chi connectivity index (χ2v) is 5.09. The third-order valence-electron chi connectivity index (χ3n) is 3.15. The molecule has 3 aromatic rings. The van der Waals surface area contributed by atoms with Gasteiger partial charge in [0.25, 0.3) is 0 Å². The van der Waals surface area contributed by atoms with Crippen LogP contribution in [0.15, 0.2) is 65.8 Å². The summed E-state index contributed by atoms with van der Waals surface area (Å²) in [6, 6.07) is 15.0. The minimum Gasteiger partial charge on any atom is -0.301 e. The van der Waals surface area contributed by atoms with Crippen LogP contribution in [0.5, 0.6) is 0 Å². The summed E-state index contributed by atoms with van der Waals surface area (Å²) in [5, 5.41) is 1.28. The van der Waals surface area contributed by atoms with Gasteiger partial charge in [-0.3, -0.25) is 0 Å². The average molecular weight is 323 g/mol. The zero-order valence-electron chi connectivity index (χ0n) is 11.2. The van der Waals surface area contributed by atoms with Crippen molar-refractivity contribution in [3.8, 4) is 0 Å². The molecule has 0 bridgehead atoms. The number of hydrogen-bond donors (Lipinski definition) is 0. The second-order valence-electron chi connectivity index (χ2n) is 4.66. The van der Waals surface area contributed by atoms with Gasteiger partial charge in [-0.15, -0.1) is 13.2 Å². The van der Waals surface area contributed by atoms with Gasteiger partial charge in [-0.05, 0) is 24.3 Å². The van der Waals surface area contributed by atoms with E-state index in [1.807, 2.05) is 0 Å². The number of benzene rings is 2. The predicted octanol–water partition coefficient (Wildman–Crippen LogP) is 5.11. The van der Waals surface area contributed by atoms with Crippen LogP contribution in [0.4, 0.5) is 13.2 Å². The molecule has 2 nitrogen and oxygen atoms in total. The van der Waals surface area contributed by atoms with Crippen LogP contribution >= 0.6 is 11.6 Å². The molecule has 0 unspecified atom stereocenters. The van der Waals surface area contributed by atoms with E-state index in [0.29, 0.717) is 16.1 Å². The molecule has 3 rings (SSSR count). The van der Waals surface area contributed by atoms with E-state index in [1.54, 1.807) is 60.8 Å². The number of alkyl halides is 3. The first-order valence-corrected chi connectivity index (χ1v) is 6.81. The van der Waals surface area contributed by atoms with Gasteiger partial charge in [-0.2, -0.15) is 4.99 Å². The van der Waals surface area contributed by atoms with Gasteiger partial charge in [-0.25, -0.2) is 0 Å². The molecule has 0 saturated carbocycles. The van der Waals surface area contributed by atoms with E-state index in [9.17, 15) is 13.2 Å². The molecule has 0 aliphatic rings. The Balaban J connectivity index is 2.23. The van der Waals surface area contributed by atoms with Gasteiger partial charge in [0.05, 0.1) is 5.52 Å². The number of fused-ring (bicyclic) bond motifs is 1. The number of aliphatic imine (C=N–C) groups is 1. The van der Waals surface area contributed by atoms with Gasteiger partial charge in [0, 0.05) is 22.2 Å². The fraction of sp³-hybridized carbons (Fsp3) is 0.0625. The molecule has 1 heterocycles. The Morgan fingerprint density at radius 1 is 1.00 bits per heavy atom. The lowest BCUT2D eigenvalue weighted by atomic mass is 10.2. The van der Waals surface area contributed by atoms with Crippen molar-refractivity contribution in [2.75, 3.05) is 0 Å². The maximum absolute atomic E-state index is 12.8. The topological polar surface area (TPSA) is 17.3 Å². The lowest BCUT2D eigenvalue weighted by Gasteiger charge is -2.11. The summed E-state index contributed by atoms with van der Waals surface area (Å²) in [6.45, 7) is 0. The van der Waals surface area contributed by atoms with Crippen molar-refractivity contribution < 1.29 is 13.2 Å². The van der Waals surface area contributed by atoms with E-state index < -0.39 is 6.30 Å². The first-order chi connectivity index (χ1) is 10.4. The van der Waals surface area contributed by atoms with Crippen molar-refractivity contribution >= 4 is 28.3 Å². The van der Waals surface area contributed by atoms with Crippen LogP contribution in [0.25, 0.3) is 10.9 Å². The van der Waals surface area contributed by atoms with E-state index in [-0.39, 0.29) is 5.84 Å². The zero-order chi connectivity index (χ0) is 15.7. The van der Waals surface area contributed by atoms with Crippen LogP contribution in [-0.4, -0.2) is 16.7 Å². The quantitative estimate of drug-likeness (QED) is 0.336. The summed E-state index contributed by atoms with van der Waals surface area (Å²) in [7, 11) is 0. The minimum atomic E-state index is -4.66. The van der Waals surface area contributed by atoms with Crippen molar-refractivity contribution in [1.29, 1.82) is 0 Å². The molecule has 0 aliphatic heterocycles. The van der Waals surface area contributed by atoms with Gasteiger partial charge in [0.2, 0.25) is 0 Å². The van der Waals surface area contributed by atoms with E-state index in [2.05, 4.69) is 4.99 Å². The van der Waals surface area contributed by atoms with Gasteiger partial charge in [-0.1, -0.05) is 41.9 Å². The Kier molecular flexibility index (Phi) is 3.66. The summed E-state index contributed by atoms with van der Waals surface area (Å²) >= 11 is 5.91. The smallest absolute Gasteiger partial charge is 0.301 e. The van der Waals surface area contributed by atoms with Crippen molar-refractivity contribution in [1.82, 2.24) is 4.57 Å². The Morgan fingerprint density at radius 2 is 1.73 bits per heavy atom. The van der Waals surface area contributed by atoms with Crippen LogP contribution < -0.4 is 0 Å². The van der Waals surface area contributed by atoms with Gasteiger partial charge in [0.1, 0.15) is 5.84 Å². The average Bonchev–Trinajstić information content (AvgIpc) is 2.87. The molecule has 0 N–H and O–H groups in total. The highest BCUT2D eigenvalue weighted by Gasteiger charge is 2.28. The molecule has 0 spiro atoms. The van der Waals surface area contributed by atoms with E-state index in [0.717, 1.165) is 5.39 Å². The normalized spacial score (nSPS) is 12.8. The Morgan fingerprint density at radius 3 is 2.41 bits per heavy atom. The summed E-state index contributed by atoms with van der Waals surface area (Å²) in [5.41, 5.74) is 0.989. The molecule has 0 fully saturated rings. The van der Waals surface area contributed by atoms with E-state index in [1.165, 1.54) is 4.57 Å². The SMILES string of the molecule is FC(F)(F)/N=C(\c1ccccc1)n1ccc2cc(Cl)ccc21. The van der Waals surface area contributed by atoms with Crippen LogP contribution in [0.2, 0.25) is 5.02 Å². The Labute approximate surface area is 129 Å². The number of rotatable bonds is 1. The van der Waals surface area contributed by atoms with Crippen molar-refractivity contribution in [2.45, 2.75) is 6.30 Å². The molecule has 1 aromatic heterocycles. The summed E-state index contributed by atoms with van der Waals surface area (Å²) in [5.74, 6) is -0.176. The van der Waals surface area contributed by atoms with Crippen LogP contribution in [0, 0.1) is 0 Å². The lowest BCUT2D eigenvalue weighted by Crippen LogP contribution is -2.17. The number of hydrogen-bond acceptors (Lipinski definition) is 1. The maximum atomic E-state index is 12.8. The Hall–Kier alpha value is -2.27. The molecule has 22 heavy (non-hydrogen) atoms. The molecule has 112 valence electrons. The molecule has 0 saturated heterocycles. The molecule has 0 atom stereocenters. The van der Waals surface area contributed by atoms with Crippen molar-refractivity contribution in [2.24, 2.45) is 4.99 Å². The van der Waals surface area contributed by atoms with Gasteiger partial charge >= 0.3 is 6.30 Å². The van der Waals surface area contributed by atoms with Crippen LogP contribution in [0.1, 0.15) is 5.56 Å². The summed E-state index contributed by atoms with van der Waals surface area (Å²) in [4.78, 5) is 2.94. The summed E-state index contributed by atoms with van der Waals surface area (Å²) < 4.78 is 39.9. The molecule has 0 amide bonds. The third-order valence-corrected chi connectivity index (χ3v) is 3.38. The fourth-order valence-electron chi connectivity index (χ4n) is 2.26. The van der Waals surface area contributed by atoms with E-state index >= 15 is 0 Å². The zero-order valence-corrected chi connectivity index (χ0v) is 11.9. The van der Waals surface area contributed by atoms with Crippen molar-refractivity contribution in [3.05, 3.63) is 71.4 Å². The van der Waals surface area contributed by atoms with Gasteiger partial charge < -0.3 is 4.57 Å². The molecule has 2 aromatic carbocycles. The highest BCUT2D eigenvalue weighted by atomic mass is 35.5. The maximum Gasteiger partial charge on any atom is 0.505 e. The number of halogens is 4. The Bertz CT molecular complexity index is 835. The minimum absolute atomic E-state index is 0.176.